The van der Waals surface area contributed by atoms with Crippen LogP contribution in [0, 0.1) is 5.41 Å². The lowest BCUT2D eigenvalue weighted by Gasteiger charge is -2.25. The molecule has 2 aromatic carbocycles. The van der Waals surface area contributed by atoms with Crippen LogP contribution in [-0.4, -0.2) is 37.2 Å². The third kappa shape index (κ3) is 6.38. The van der Waals surface area contributed by atoms with Gasteiger partial charge < -0.3 is 20.1 Å². The lowest BCUT2D eigenvalue weighted by Crippen LogP contribution is -2.43. The summed E-state index contributed by atoms with van der Waals surface area (Å²) in [6, 6.07) is 12.4. The molecule has 2 aromatic rings. The fourth-order valence-electron chi connectivity index (χ4n) is 3.59. The average Bonchev–Trinajstić information content (AvgIpc) is 2.77. The third-order valence-corrected chi connectivity index (χ3v) is 5.22. The van der Waals surface area contributed by atoms with E-state index in [-0.39, 0.29) is 30.8 Å². The summed E-state index contributed by atoms with van der Waals surface area (Å²) in [6.07, 6.45) is 0.408. The number of halogens is 3. The number of ether oxygens (including phenoxy) is 2. The summed E-state index contributed by atoms with van der Waals surface area (Å²) in [4.78, 5) is 12.7. The van der Waals surface area contributed by atoms with E-state index in [4.69, 9.17) is 20.6 Å². The van der Waals surface area contributed by atoms with Gasteiger partial charge in [-0.05, 0) is 62.1 Å². The van der Waals surface area contributed by atoms with Crippen molar-refractivity contribution in [2.24, 2.45) is 5.73 Å². The van der Waals surface area contributed by atoms with E-state index in [1.165, 1.54) is 24.6 Å². The molecule has 0 heterocycles. The number of alkyl halides is 3. The Balaban J connectivity index is 1.68. The van der Waals surface area contributed by atoms with Crippen LogP contribution >= 0.6 is 0 Å². The predicted octanol–water partition coefficient (Wildman–Crippen LogP) is 4.66. The van der Waals surface area contributed by atoms with Crippen LogP contribution in [0.25, 0.3) is 0 Å². The minimum atomic E-state index is -5.02. The summed E-state index contributed by atoms with van der Waals surface area (Å²) in [6.45, 7) is -0.491. The lowest BCUT2D eigenvalue weighted by atomic mass is 9.98. The number of nitrogens with two attached hydrogens (primary N) is 1. The Hall–Kier alpha value is -3.23. The molecular weight excluding hydrogens is 423 g/mol. The number of amides is 1. The Bertz CT molecular complexity index is 926. The van der Waals surface area contributed by atoms with E-state index < -0.39 is 12.1 Å². The second-order valence-electron chi connectivity index (χ2n) is 7.62. The van der Waals surface area contributed by atoms with Gasteiger partial charge in [-0.3, -0.25) is 10.2 Å². The average molecular weight is 449 g/mol. The molecule has 1 aliphatic carbocycles. The van der Waals surface area contributed by atoms with Crippen molar-refractivity contribution in [3.05, 3.63) is 54.1 Å². The van der Waals surface area contributed by atoms with Crippen molar-refractivity contribution in [2.45, 2.75) is 44.4 Å². The molecule has 0 bridgehead atoms. The maximum atomic E-state index is 13.2. The first-order valence-corrected chi connectivity index (χ1v) is 10.5. The smallest absolute Gasteiger partial charge is 0.471 e. The molecule has 1 fully saturated rings. The summed E-state index contributed by atoms with van der Waals surface area (Å²) >= 11 is 0. The van der Waals surface area contributed by atoms with Crippen LogP contribution in [-0.2, 0) is 4.79 Å². The molecule has 6 nitrogen and oxygen atoms in total. The van der Waals surface area contributed by atoms with Crippen LogP contribution in [0.15, 0.2) is 48.5 Å². The van der Waals surface area contributed by atoms with Crippen molar-refractivity contribution in [1.29, 1.82) is 5.41 Å². The molecule has 0 aromatic heterocycles. The molecule has 3 rings (SSSR count). The number of amidine groups is 1. The number of anilines is 1. The van der Waals surface area contributed by atoms with Crippen molar-refractivity contribution >= 4 is 17.4 Å². The standard InChI is InChI=1S/C23H26F3N3O3/c24-23(25,26)22(30)29(13-14-31-20-8-4-5-16(15-20)21(27)28)17-9-11-19(12-10-17)32-18-6-2-1-3-7-18/h4-5,8-12,15,18H,1-3,6-7,13-14H2,(H3,27,28). The van der Waals surface area contributed by atoms with Gasteiger partial charge in [-0.25, -0.2) is 0 Å². The maximum Gasteiger partial charge on any atom is 0.471 e. The third-order valence-electron chi connectivity index (χ3n) is 5.22. The van der Waals surface area contributed by atoms with E-state index in [2.05, 4.69) is 0 Å². The first-order valence-electron chi connectivity index (χ1n) is 10.5. The van der Waals surface area contributed by atoms with Crippen molar-refractivity contribution in [3.63, 3.8) is 0 Å². The number of carbonyl (C=O) groups excluding carboxylic acids is 1. The number of hydrogen-bond acceptors (Lipinski definition) is 4. The Kier molecular flexibility index (Phi) is 7.61. The van der Waals surface area contributed by atoms with Crippen LogP contribution in [0.1, 0.15) is 37.7 Å². The topological polar surface area (TPSA) is 88.6 Å². The number of nitrogens with one attached hydrogen (secondary N) is 1. The van der Waals surface area contributed by atoms with Gasteiger partial charge in [0.2, 0.25) is 0 Å². The van der Waals surface area contributed by atoms with Crippen LogP contribution in [0.5, 0.6) is 11.5 Å². The summed E-state index contributed by atoms with van der Waals surface area (Å²) < 4.78 is 50.9. The highest BCUT2D eigenvalue weighted by atomic mass is 19.4. The van der Waals surface area contributed by atoms with E-state index in [1.807, 2.05) is 0 Å². The monoisotopic (exact) mass is 449 g/mol. The SMILES string of the molecule is N=C(N)c1cccc(OCCN(C(=O)C(F)(F)F)c2ccc(OC3CCCCC3)cc2)c1. The van der Waals surface area contributed by atoms with Gasteiger partial charge in [0.05, 0.1) is 12.6 Å². The Morgan fingerprint density at radius 3 is 2.38 bits per heavy atom. The summed E-state index contributed by atoms with van der Waals surface area (Å²) in [5.74, 6) is -1.22. The van der Waals surface area contributed by atoms with E-state index in [0.717, 1.165) is 25.7 Å². The summed E-state index contributed by atoms with van der Waals surface area (Å²) in [5, 5.41) is 7.45. The number of nitrogens with zero attached hydrogens (tertiary/aromatic N) is 1. The molecule has 1 aliphatic rings. The maximum absolute atomic E-state index is 13.2. The molecule has 0 saturated heterocycles. The zero-order valence-electron chi connectivity index (χ0n) is 17.5. The minimum absolute atomic E-state index is 0.101. The number of benzene rings is 2. The molecule has 3 N–H and O–H groups in total. The van der Waals surface area contributed by atoms with Gasteiger partial charge in [0.25, 0.3) is 0 Å². The van der Waals surface area contributed by atoms with Crippen LogP contribution < -0.4 is 20.1 Å². The van der Waals surface area contributed by atoms with Gasteiger partial charge >= 0.3 is 12.1 Å². The van der Waals surface area contributed by atoms with E-state index in [9.17, 15) is 18.0 Å². The number of nitrogen functional groups attached to an aromatic ring is 1. The second kappa shape index (κ2) is 10.4. The highest BCUT2D eigenvalue weighted by molar-refractivity contribution is 5.97. The molecular formula is C23H26F3N3O3. The van der Waals surface area contributed by atoms with Crippen molar-refractivity contribution < 1.29 is 27.4 Å². The Morgan fingerprint density at radius 2 is 1.75 bits per heavy atom. The minimum Gasteiger partial charge on any atom is -0.492 e. The molecule has 0 aliphatic heterocycles. The van der Waals surface area contributed by atoms with Gasteiger partial charge in [-0.2, -0.15) is 13.2 Å². The van der Waals surface area contributed by atoms with Gasteiger partial charge in [0.15, 0.2) is 0 Å². The zero-order valence-corrected chi connectivity index (χ0v) is 17.5. The van der Waals surface area contributed by atoms with Crippen molar-refractivity contribution in [2.75, 3.05) is 18.1 Å². The highest BCUT2D eigenvalue weighted by Gasteiger charge is 2.43. The van der Waals surface area contributed by atoms with Crippen LogP contribution in [0.3, 0.4) is 0 Å². The normalized spacial score (nSPS) is 14.6. The number of carbonyl (C=O) groups is 1. The van der Waals surface area contributed by atoms with E-state index >= 15 is 0 Å². The molecule has 0 unspecified atom stereocenters. The fraction of sp³-hybridized carbons (Fsp3) is 0.391. The molecule has 0 radical (unpaired) electrons. The highest BCUT2D eigenvalue weighted by Crippen LogP contribution is 2.28. The van der Waals surface area contributed by atoms with Crippen LogP contribution in [0.4, 0.5) is 18.9 Å². The molecule has 9 heteroatoms. The number of hydrogen-bond donors (Lipinski definition) is 2. The zero-order chi connectivity index (χ0) is 23.1. The molecule has 0 spiro atoms. The second-order valence-corrected chi connectivity index (χ2v) is 7.62. The number of rotatable bonds is 8. The quantitative estimate of drug-likeness (QED) is 0.453. The Morgan fingerprint density at radius 1 is 1.06 bits per heavy atom. The molecule has 0 atom stereocenters. The van der Waals surface area contributed by atoms with E-state index in [1.54, 1.807) is 30.3 Å². The lowest BCUT2D eigenvalue weighted by molar-refractivity contribution is -0.170. The predicted molar refractivity (Wildman–Crippen MR) is 115 cm³/mol. The van der Waals surface area contributed by atoms with Gasteiger partial charge in [-0.1, -0.05) is 18.6 Å². The Labute approximate surface area is 184 Å². The van der Waals surface area contributed by atoms with Crippen LogP contribution in [0.2, 0.25) is 0 Å². The molecule has 32 heavy (non-hydrogen) atoms. The molecule has 1 amide bonds. The molecule has 172 valence electrons. The first-order chi connectivity index (χ1) is 15.2. The first kappa shape index (κ1) is 23.4. The largest absolute Gasteiger partial charge is 0.492 e. The fourth-order valence-corrected chi connectivity index (χ4v) is 3.59. The summed E-state index contributed by atoms with van der Waals surface area (Å²) in [7, 11) is 0. The van der Waals surface area contributed by atoms with Crippen molar-refractivity contribution in [3.8, 4) is 11.5 Å². The van der Waals surface area contributed by atoms with Crippen molar-refractivity contribution in [1.82, 2.24) is 0 Å². The molecule has 1 saturated carbocycles. The van der Waals surface area contributed by atoms with Gasteiger partial charge in [0.1, 0.15) is 23.9 Å². The van der Waals surface area contributed by atoms with Gasteiger partial charge in [0, 0.05) is 11.3 Å². The van der Waals surface area contributed by atoms with E-state index in [0.29, 0.717) is 22.0 Å². The van der Waals surface area contributed by atoms with Gasteiger partial charge in [-0.15, -0.1) is 0 Å². The summed E-state index contributed by atoms with van der Waals surface area (Å²) in [5.41, 5.74) is 5.97.